The van der Waals surface area contributed by atoms with Crippen LogP contribution in [0, 0.1) is 0 Å². The number of hydrogen-bond acceptors (Lipinski definition) is 3. The van der Waals surface area contributed by atoms with Gasteiger partial charge in [-0.3, -0.25) is 5.32 Å². The van der Waals surface area contributed by atoms with Crippen molar-refractivity contribution in [3.8, 4) is 11.4 Å². The number of anilines is 1. The standard InChI is InChI=1S/C16H13N3O2/c20-16(21-15-9-5-2-6-10-15)18-13-11-17-19(12-13)14-7-3-1-4-8-14/h1-12H,(H,18,20). The zero-order valence-electron chi connectivity index (χ0n) is 11.1. The van der Waals surface area contributed by atoms with Crippen LogP contribution in [0.3, 0.4) is 0 Å². The first-order valence-electron chi connectivity index (χ1n) is 6.45. The fraction of sp³-hybridized carbons (Fsp3) is 0. The van der Waals surface area contributed by atoms with Crippen LogP contribution in [-0.4, -0.2) is 15.9 Å². The zero-order chi connectivity index (χ0) is 14.5. The molecule has 0 saturated heterocycles. The van der Waals surface area contributed by atoms with Gasteiger partial charge in [0, 0.05) is 0 Å². The van der Waals surface area contributed by atoms with Crippen LogP contribution in [0.4, 0.5) is 10.5 Å². The van der Waals surface area contributed by atoms with Gasteiger partial charge in [0.15, 0.2) is 0 Å². The van der Waals surface area contributed by atoms with E-state index in [0.717, 1.165) is 5.69 Å². The topological polar surface area (TPSA) is 56.2 Å². The third-order valence-electron chi connectivity index (χ3n) is 2.80. The van der Waals surface area contributed by atoms with Crippen LogP contribution in [0.1, 0.15) is 0 Å². The molecule has 0 spiro atoms. The Labute approximate surface area is 121 Å². The lowest BCUT2D eigenvalue weighted by Crippen LogP contribution is -2.16. The molecule has 0 bridgehead atoms. The quantitative estimate of drug-likeness (QED) is 0.798. The van der Waals surface area contributed by atoms with E-state index in [1.165, 1.54) is 0 Å². The molecule has 0 unspecified atom stereocenters. The average molecular weight is 279 g/mol. The van der Waals surface area contributed by atoms with Crippen LogP contribution >= 0.6 is 0 Å². The molecule has 1 heterocycles. The first kappa shape index (κ1) is 12.9. The second-order valence-corrected chi connectivity index (χ2v) is 4.34. The Hall–Kier alpha value is -3.08. The summed E-state index contributed by atoms with van der Waals surface area (Å²) >= 11 is 0. The van der Waals surface area contributed by atoms with Crippen molar-refractivity contribution in [3.05, 3.63) is 73.1 Å². The number of para-hydroxylation sites is 2. The highest BCUT2D eigenvalue weighted by atomic mass is 16.6. The van der Waals surface area contributed by atoms with Gasteiger partial charge in [0.1, 0.15) is 5.75 Å². The van der Waals surface area contributed by atoms with Gasteiger partial charge in [-0.15, -0.1) is 0 Å². The van der Waals surface area contributed by atoms with E-state index >= 15 is 0 Å². The molecule has 0 radical (unpaired) electrons. The Morgan fingerprint density at radius 2 is 1.67 bits per heavy atom. The Bertz CT molecular complexity index is 724. The third kappa shape index (κ3) is 3.27. The Morgan fingerprint density at radius 1 is 1.00 bits per heavy atom. The summed E-state index contributed by atoms with van der Waals surface area (Å²) < 4.78 is 6.82. The predicted octanol–water partition coefficient (Wildman–Crippen LogP) is 3.48. The van der Waals surface area contributed by atoms with E-state index in [-0.39, 0.29) is 0 Å². The summed E-state index contributed by atoms with van der Waals surface area (Å²) in [4.78, 5) is 11.8. The molecule has 0 aliphatic rings. The second kappa shape index (κ2) is 5.92. The summed E-state index contributed by atoms with van der Waals surface area (Å²) in [7, 11) is 0. The summed E-state index contributed by atoms with van der Waals surface area (Å²) in [5, 5.41) is 6.83. The van der Waals surface area contributed by atoms with E-state index in [1.54, 1.807) is 41.3 Å². The maximum absolute atomic E-state index is 11.8. The number of carbonyl (C=O) groups excluding carboxylic acids is 1. The summed E-state index contributed by atoms with van der Waals surface area (Å²) in [5.41, 5.74) is 1.49. The minimum Gasteiger partial charge on any atom is -0.410 e. The molecule has 5 heteroatoms. The molecular formula is C16H13N3O2. The normalized spacial score (nSPS) is 10.1. The molecule has 1 N–H and O–H groups in total. The predicted molar refractivity (Wildman–Crippen MR) is 79.7 cm³/mol. The Morgan fingerprint density at radius 3 is 2.38 bits per heavy atom. The van der Waals surface area contributed by atoms with Crippen LogP contribution in [-0.2, 0) is 0 Å². The second-order valence-electron chi connectivity index (χ2n) is 4.34. The highest BCUT2D eigenvalue weighted by Gasteiger charge is 2.07. The summed E-state index contributed by atoms with van der Waals surface area (Å²) in [6.45, 7) is 0. The number of ether oxygens (including phenoxy) is 1. The zero-order valence-corrected chi connectivity index (χ0v) is 11.1. The first-order valence-corrected chi connectivity index (χ1v) is 6.45. The van der Waals surface area contributed by atoms with Crippen LogP contribution in [0.2, 0.25) is 0 Å². The number of benzene rings is 2. The summed E-state index contributed by atoms with van der Waals surface area (Å²) in [6, 6.07) is 18.5. The average Bonchev–Trinajstić information content (AvgIpc) is 2.97. The van der Waals surface area contributed by atoms with Crippen LogP contribution < -0.4 is 10.1 Å². The fourth-order valence-electron chi connectivity index (χ4n) is 1.85. The number of amides is 1. The highest BCUT2D eigenvalue weighted by molar-refractivity contribution is 5.85. The number of carbonyl (C=O) groups is 1. The minimum atomic E-state index is -0.547. The fourth-order valence-corrected chi connectivity index (χ4v) is 1.85. The van der Waals surface area contributed by atoms with Crippen molar-refractivity contribution in [1.82, 2.24) is 9.78 Å². The maximum Gasteiger partial charge on any atom is 0.417 e. The molecule has 5 nitrogen and oxygen atoms in total. The van der Waals surface area contributed by atoms with Gasteiger partial charge < -0.3 is 4.74 Å². The van der Waals surface area contributed by atoms with Crippen LogP contribution in [0.15, 0.2) is 73.1 Å². The van der Waals surface area contributed by atoms with Crippen LogP contribution in [0.25, 0.3) is 5.69 Å². The third-order valence-corrected chi connectivity index (χ3v) is 2.80. The Kier molecular flexibility index (Phi) is 3.64. The van der Waals surface area contributed by atoms with Gasteiger partial charge in [-0.2, -0.15) is 5.10 Å². The number of aromatic nitrogens is 2. The van der Waals surface area contributed by atoms with Crippen molar-refractivity contribution in [2.45, 2.75) is 0 Å². The van der Waals surface area contributed by atoms with Crippen molar-refractivity contribution < 1.29 is 9.53 Å². The van der Waals surface area contributed by atoms with Gasteiger partial charge >= 0.3 is 6.09 Å². The van der Waals surface area contributed by atoms with Gasteiger partial charge in [0.05, 0.1) is 23.8 Å². The molecule has 0 atom stereocenters. The summed E-state index contributed by atoms with van der Waals surface area (Å²) in [5.74, 6) is 0.491. The molecular weight excluding hydrogens is 266 g/mol. The molecule has 0 saturated carbocycles. The number of hydrogen-bond donors (Lipinski definition) is 1. The molecule has 104 valence electrons. The van der Waals surface area contributed by atoms with Gasteiger partial charge in [-0.1, -0.05) is 36.4 Å². The largest absolute Gasteiger partial charge is 0.417 e. The van der Waals surface area contributed by atoms with E-state index in [4.69, 9.17) is 4.74 Å². The van der Waals surface area contributed by atoms with Crippen molar-refractivity contribution in [2.75, 3.05) is 5.32 Å². The molecule has 2 aromatic carbocycles. The van der Waals surface area contributed by atoms with Gasteiger partial charge in [-0.05, 0) is 24.3 Å². The molecule has 0 aliphatic carbocycles. The van der Waals surface area contributed by atoms with E-state index < -0.39 is 6.09 Å². The highest BCUT2D eigenvalue weighted by Crippen LogP contribution is 2.13. The smallest absolute Gasteiger partial charge is 0.410 e. The monoisotopic (exact) mass is 279 g/mol. The first-order chi connectivity index (χ1) is 10.3. The molecule has 3 rings (SSSR count). The molecule has 0 aliphatic heterocycles. The lowest BCUT2D eigenvalue weighted by Gasteiger charge is -2.04. The van der Waals surface area contributed by atoms with Gasteiger partial charge in [-0.25, -0.2) is 9.48 Å². The lowest BCUT2D eigenvalue weighted by molar-refractivity contribution is 0.215. The Balaban J connectivity index is 1.66. The molecule has 21 heavy (non-hydrogen) atoms. The van der Waals surface area contributed by atoms with E-state index in [9.17, 15) is 4.79 Å². The van der Waals surface area contributed by atoms with Crippen LogP contribution in [0.5, 0.6) is 5.75 Å². The minimum absolute atomic E-state index is 0.491. The van der Waals surface area contributed by atoms with E-state index in [0.29, 0.717) is 11.4 Å². The molecule has 3 aromatic rings. The van der Waals surface area contributed by atoms with Gasteiger partial charge in [0.25, 0.3) is 0 Å². The van der Waals surface area contributed by atoms with E-state index in [1.807, 2.05) is 36.4 Å². The maximum atomic E-state index is 11.8. The van der Waals surface area contributed by atoms with Crippen molar-refractivity contribution in [3.63, 3.8) is 0 Å². The summed E-state index contributed by atoms with van der Waals surface area (Å²) in [6.07, 6.45) is 2.75. The SMILES string of the molecule is O=C(Nc1cnn(-c2ccccc2)c1)Oc1ccccc1. The van der Waals surface area contributed by atoms with E-state index in [2.05, 4.69) is 10.4 Å². The number of nitrogens with zero attached hydrogens (tertiary/aromatic N) is 2. The molecule has 0 fully saturated rings. The van der Waals surface area contributed by atoms with Crippen molar-refractivity contribution >= 4 is 11.8 Å². The van der Waals surface area contributed by atoms with Gasteiger partial charge in [0.2, 0.25) is 0 Å². The lowest BCUT2D eigenvalue weighted by atomic mass is 10.3. The number of nitrogens with one attached hydrogen (secondary N) is 1. The van der Waals surface area contributed by atoms with Crippen molar-refractivity contribution in [2.24, 2.45) is 0 Å². The van der Waals surface area contributed by atoms with Crippen molar-refractivity contribution in [1.29, 1.82) is 0 Å². The molecule has 1 aromatic heterocycles. The molecule has 1 amide bonds. The number of rotatable bonds is 3.